The van der Waals surface area contributed by atoms with Crippen LogP contribution in [-0.2, 0) is 16.1 Å². The summed E-state index contributed by atoms with van der Waals surface area (Å²) in [6, 6.07) is 0. The van der Waals surface area contributed by atoms with Gasteiger partial charge in [0, 0.05) is 0 Å². The van der Waals surface area contributed by atoms with Gasteiger partial charge in [0.25, 0.3) is 0 Å². The van der Waals surface area contributed by atoms with E-state index in [4.69, 9.17) is 0 Å². The van der Waals surface area contributed by atoms with Crippen LogP contribution in [0.15, 0.2) is 0 Å². The third-order valence-electron chi connectivity index (χ3n) is 0.642. The van der Waals surface area contributed by atoms with E-state index in [1.165, 1.54) is 0 Å². The molecule has 0 aromatic carbocycles. The molecule has 0 saturated carbocycles. The molecule has 0 spiro atoms. The van der Waals surface area contributed by atoms with Gasteiger partial charge in [0.2, 0.25) is 0 Å². The third kappa shape index (κ3) is 35.7. The molecule has 6 N–H and O–H groups in total. The molecule has 0 atom stereocenters. The van der Waals surface area contributed by atoms with Crippen LogP contribution in [0.1, 0.15) is 19.8 Å². The fourth-order valence-corrected chi connectivity index (χ4v) is 0.450. The van der Waals surface area contributed by atoms with Crippen LogP contribution in [0.5, 0.6) is 0 Å². The molecule has 0 aromatic heterocycles. The Morgan fingerprint density at radius 1 is 1.27 bits per heavy atom. The van der Waals surface area contributed by atoms with Crippen molar-refractivity contribution in [2.24, 2.45) is 0 Å². The number of hydrogen-bond donors (Lipinski definition) is 1. The number of thiol groups is 1. The summed E-state index contributed by atoms with van der Waals surface area (Å²) in [4.78, 5) is 0. The second-order valence-corrected chi connectivity index (χ2v) is 1.67. The molecule has 11 heavy (non-hydrogen) atoms. The summed E-state index contributed by atoms with van der Waals surface area (Å²) in [6.45, 7) is 2.67. The van der Waals surface area contributed by atoms with E-state index >= 15 is 0 Å². The van der Waals surface area contributed by atoms with Crippen LogP contribution in [0.4, 0.5) is 0 Å². The second-order valence-electron chi connectivity index (χ2n) is 1.26. The van der Waals surface area contributed by atoms with Crippen LogP contribution >= 0.6 is 0 Å². The van der Waals surface area contributed by atoms with Crippen molar-refractivity contribution in [1.29, 1.82) is 0 Å². The van der Waals surface area contributed by atoms with Gasteiger partial charge in [-0.25, -0.2) is 4.21 Å². The average Bonchev–Trinajstić information content (AvgIpc) is 1.69. The molecule has 0 rings (SSSR count). The minimum atomic E-state index is -0.195. The van der Waals surface area contributed by atoms with E-state index < -0.39 is 0 Å². The summed E-state index contributed by atoms with van der Waals surface area (Å²) >= 11 is -0.195. The summed E-state index contributed by atoms with van der Waals surface area (Å²) in [5.74, 6) is 0. The SMILES string of the molecule is CCCCO[SH]=O.O.O.O.[NaH]. The molecule has 0 heterocycles. The molecule has 0 aliphatic carbocycles. The van der Waals surface area contributed by atoms with Gasteiger partial charge < -0.3 is 16.4 Å². The van der Waals surface area contributed by atoms with Gasteiger partial charge in [-0.1, -0.05) is 13.3 Å². The first kappa shape index (κ1) is 29.6. The van der Waals surface area contributed by atoms with Gasteiger partial charge >= 0.3 is 29.6 Å². The van der Waals surface area contributed by atoms with E-state index in [-0.39, 0.29) is 57.9 Å². The van der Waals surface area contributed by atoms with Crippen molar-refractivity contribution >= 4 is 41.5 Å². The molecule has 5 nitrogen and oxygen atoms in total. The predicted octanol–water partition coefficient (Wildman–Crippen LogP) is -2.46. The van der Waals surface area contributed by atoms with Gasteiger partial charge in [0.1, 0.15) is 11.9 Å². The zero-order valence-corrected chi connectivity index (χ0v) is 6.78. The van der Waals surface area contributed by atoms with Gasteiger partial charge in [-0.15, -0.1) is 0 Å². The van der Waals surface area contributed by atoms with E-state index in [9.17, 15) is 4.21 Å². The van der Waals surface area contributed by atoms with Crippen molar-refractivity contribution in [3.8, 4) is 0 Å². The molecule has 0 aliphatic rings. The zero-order chi connectivity index (χ0) is 5.54. The van der Waals surface area contributed by atoms with Crippen molar-refractivity contribution in [3.05, 3.63) is 0 Å². The number of hydrogen-bond acceptors (Lipinski definition) is 2. The van der Waals surface area contributed by atoms with E-state index in [1.54, 1.807) is 0 Å². The minimum absolute atomic E-state index is 0. The standard InChI is InChI=1S/C4H10O2S.Na.3H2O.H/c1-2-3-4-6-7-5;;;;;/h7H,2-4H2,1H3;;3*1H2;. The molecule has 0 bridgehead atoms. The van der Waals surface area contributed by atoms with Crippen molar-refractivity contribution in [1.82, 2.24) is 0 Å². The van der Waals surface area contributed by atoms with Crippen molar-refractivity contribution in [2.75, 3.05) is 6.61 Å². The number of unbranched alkanes of at least 4 members (excludes halogenated alkanes) is 1. The van der Waals surface area contributed by atoms with Crippen LogP contribution in [0.2, 0.25) is 0 Å². The molecule has 0 aromatic rings. The Hall–Kier alpha value is 0.990. The molecule has 0 radical (unpaired) electrons. The fourth-order valence-electron chi connectivity index (χ4n) is 0.246. The Balaban J connectivity index is -0.0000000300. The van der Waals surface area contributed by atoms with Crippen LogP contribution in [0.3, 0.4) is 0 Å². The van der Waals surface area contributed by atoms with E-state index in [0.29, 0.717) is 6.61 Å². The zero-order valence-electron chi connectivity index (χ0n) is 5.89. The summed E-state index contributed by atoms with van der Waals surface area (Å²) in [6.07, 6.45) is 2.09. The van der Waals surface area contributed by atoms with Crippen molar-refractivity contribution < 1.29 is 24.8 Å². The summed E-state index contributed by atoms with van der Waals surface area (Å²) in [5, 5.41) is 0. The van der Waals surface area contributed by atoms with Crippen molar-refractivity contribution in [2.45, 2.75) is 19.8 Å². The van der Waals surface area contributed by atoms with E-state index in [2.05, 4.69) is 11.1 Å². The van der Waals surface area contributed by atoms with Gasteiger partial charge in [0.05, 0.1) is 6.61 Å². The van der Waals surface area contributed by atoms with Crippen molar-refractivity contribution in [3.63, 3.8) is 0 Å². The topological polar surface area (TPSA) is 121 Å². The van der Waals surface area contributed by atoms with Crippen LogP contribution in [0.25, 0.3) is 0 Å². The molecule has 0 saturated heterocycles. The molecule has 0 fully saturated rings. The Bertz CT molecular complexity index is 55.7. The Morgan fingerprint density at radius 2 is 1.73 bits per heavy atom. The van der Waals surface area contributed by atoms with Crippen LogP contribution < -0.4 is 0 Å². The normalized spacial score (nSPS) is 5.91. The molecule has 7 heteroatoms. The van der Waals surface area contributed by atoms with Gasteiger partial charge in [-0.3, -0.25) is 4.18 Å². The maximum absolute atomic E-state index is 9.55. The summed E-state index contributed by atoms with van der Waals surface area (Å²) in [5.41, 5.74) is 0. The monoisotopic (exact) mass is 200 g/mol. The van der Waals surface area contributed by atoms with E-state index in [1.807, 2.05) is 0 Å². The average molecular weight is 200 g/mol. The summed E-state index contributed by atoms with van der Waals surface area (Å²) in [7, 11) is 0. The molecular weight excluding hydrogens is 183 g/mol. The molecule has 0 unspecified atom stereocenters. The predicted molar refractivity (Wildman–Crippen MR) is 48.4 cm³/mol. The van der Waals surface area contributed by atoms with Crippen LogP contribution in [0, 0.1) is 0 Å². The molecule has 70 valence electrons. The summed E-state index contributed by atoms with van der Waals surface area (Å²) < 4.78 is 14.0. The Kier molecular flexibility index (Phi) is 82.4. The second kappa shape index (κ2) is 30.6. The Labute approximate surface area is 92.4 Å². The fraction of sp³-hybridized carbons (Fsp3) is 1.00. The van der Waals surface area contributed by atoms with Gasteiger partial charge in [0.15, 0.2) is 0 Å². The van der Waals surface area contributed by atoms with Gasteiger partial charge in [-0.05, 0) is 6.42 Å². The first-order chi connectivity index (χ1) is 3.41. The molecular formula is C4H17NaO5S. The Morgan fingerprint density at radius 3 is 2.00 bits per heavy atom. The molecule has 0 amide bonds. The van der Waals surface area contributed by atoms with E-state index in [0.717, 1.165) is 12.8 Å². The number of rotatable bonds is 4. The quantitative estimate of drug-likeness (QED) is 0.307. The van der Waals surface area contributed by atoms with Crippen LogP contribution in [-0.4, -0.2) is 56.8 Å². The van der Waals surface area contributed by atoms with Gasteiger partial charge in [-0.2, -0.15) is 0 Å². The molecule has 0 aliphatic heterocycles. The first-order valence-electron chi connectivity index (χ1n) is 2.36. The first-order valence-corrected chi connectivity index (χ1v) is 3.09. The third-order valence-corrected chi connectivity index (χ3v) is 0.930. The maximum atomic E-state index is 9.55.